The van der Waals surface area contributed by atoms with Gasteiger partial charge in [0.1, 0.15) is 5.75 Å². The lowest BCUT2D eigenvalue weighted by Gasteiger charge is -1.98. The number of aromatic nitrogens is 2. The van der Waals surface area contributed by atoms with Crippen molar-refractivity contribution in [3.8, 4) is 11.4 Å². The molecule has 0 aliphatic rings. The Labute approximate surface area is 137 Å². The maximum absolute atomic E-state index is 11.9. The molecule has 0 aliphatic carbocycles. The van der Waals surface area contributed by atoms with E-state index in [-0.39, 0.29) is 5.78 Å². The van der Waals surface area contributed by atoms with E-state index in [2.05, 4.69) is 10.1 Å². The maximum Gasteiger partial charge on any atom is 0.183 e. The maximum atomic E-state index is 11.9. The minimum Gasteiger partial charge on any atom is -0.497 e. The second-order valence-corrected chi connectivity index (χ2v) is 5.73. The third-order valence-electron chi connectivity index (χ3n) is 3.18. The standard InChI is InChI=1S/C17H15N3O2S/c1-12(21)16-17(18-13-8-10-15(22-2)11-9-13)23-20(19-16)14-6-4-3-5-7-14/h3-11H,1-2H3. The summed E-state index contributed by atoms with van der Waals surface area (Å²) in [6.07, 6.45) is 0. The van der Waals surface area contributed by atoms with Gasteiger partial charge in [0.25, 0.3) is 0 Å². The van der Waals surface area contributed by atoms with Crippen molar-refractivity contribution >= 4 is 23.0 Å². The molecule has 0 aliphatic heterocycles. The van der Waals surface area contributed by atoms with Gasteiger partial charge >= 0.3 is 0 Å². The molecule has 0 spiro atoms. The van der Waals surface area contributed by atoms with Gasteiger partial charge in [0.05, 0.1) is 18.5 Å². The molecule has 0 saturated heterocycles. The fourth-order valence-corrected chi connectivity index (χ4v) is 2.94. The van der Waals surface area contributed by atoms with Crippen LogP contribution in [0.15, 0.2) is 59.6 Å². The third-order valence-corrected chi connectivity index (χ3v) is 4.10. The molecule has 0 fully saturated rings. The summed E-state index contributed by atoms with van der Waals surface area (Å²) in [7, 11) is 1.62. The first-order chi connectivity index (χ1) is 11.2. The van der Waals surface area contributed by atoms with Crippen LogP contribution in [0.5, 0.6) is 5.75 Å². The molecule has 116 valence electrons. The molecule has 23 heavy (non-hydrogen) atoms. The lowest BCUT2D eigenvalue weighted by Crippen LogP contribution is -2.08. The van der Waals surface area contributed by atoms with Crippen molar-refractivity contribution in [2.45, 2.75) is 6.92 Å². The largest absolute Gasteiger partial charge is 0.497 e. The molecular weight excluding hydrogens is 310 g/mol. The van der Waals surface area contributed by atoms with Crippen LogP contribution in [0.3, 0.4) is 0 Å². The minimum absolute atomic E-state index is 0.108. The third kappa shape index (κ3) is 3.37. The zero-order valence-corrected chi connectivity index (χ0v) is 13.6. The SMILES string of the molecule is COc1ccc(N=c2sn(-c3ccccc3)nc2C(C)=O)cc1. The van der Waals surface area contributed by atoms with Gasteiger partial charge in [-0.15, -0.1) is 0 Å². The number of hydrogen-bond acceptors (Lipinski definition) is 5. The predicted molar refractivity (Wildman–Crippen MR) is 89.7 cm³/mol. The lowest BCUT2D eigenvalue weighted by atomic mass is 10.3. The molecule has 3 rings (SSSR count). The van der Waals surface area contributed by atoms with Crippen molar-refractivity contribution in [2.75, 3.05) is 7.11 Å². The molecule has 0 bridgehead atoms. The van der Waals surface area contributed by atoms with Crippen LogP contribution in [0, 0.1) is 0 Å². The quantitative estimate of drug-likeness (QED) is 0.691. The normalized spacial score (nSPS) is 11.5. The topological polar surface area (TPSA) is 56.5 Å². The Morgan fingerprint density at radius 3 is 2.43 bits per heavy atom. The van der Waals surface area contributed by atoms with Gasteiger partial charge in [-0.2, -0.15) is 9.17 Å². The van der Waals surface area contributed by atoms with Gasteiger partial charge in [0, 0.05) is 6.92 Å². The average Bonchev–Trinajstić information content (AvgIpc) is 3.00. The Morgan fingerprint density at radius 1 is 1.13 bits per heavy atom. The van der Waals surface area contributed by atoms with E-state index >= 15 is 0 Å². The number of methoxy groups -OCH3 is 1. The summed E-state index contributed by atoms with van der Waals surface area (Å²) in [4.78, 5) is 16.4. The number of para-hydroxylation sites is 1. The Balaban J connectivity index is 2.08. The van der Waals surface area contributed by atoms with Gasteiger partial charge in [0.15, 0.2) is 16.1 Å². The monoisotopic (exact) mass is 325 g/mol. The lowest BCUT2D eigenvalue weighted by molar-refractivity contribution is 0.101. The summed E-state index contributed by atoms with van der Waals surface area (Å²) in [5.74, 6) is 0.655. The average molecular weight is 325 g/mol. The molecule has 0 amide bonds. The summed E-state index contributed by atoms with van der Waals surface area (Å²) in [6.45, 7) is 1.50. The van der Waals surface area contributed by atoms with E-state index in [4.69, 9.17) is 4.74 Å². The van der Waals surface area contributed by atoms with Crippen LogP contribution in [-0.4, -0.2) is 22.1 Å². The highest BCUT2D eigenvalue weighted by Gasteiger charge is 2.11. The van der Waals surface area contributed by atoms with Crippen molar-refractivity contribution in [3.05, 3.63) is 65.0 Å². The van der Waals surface area contributed by atoms with E-state index < -0.39 is 0 Å². The highest BCUT2D eigenvalue weighted by molar-refractivity contribution is 7.04. The molecule has 0 atom stereocenters. The van der Waals surface area contributed by atoms with E-state index in [1.807, 2.05) is 54.6 Å². The number of benzene rings is 2. The number of nitrogens with zero attached hydrogens (tertiary/aromatic N) is 3. The van der Waals surface area contributed by atoms with Crippen LogP contribution in [0.2, 0.25) is 0 Å². The summed E-state index contributed by atoms with van der Waals surface area (Å²) in [5.41, 5.74) is 2.02. The molecule has 3 aromatic rings. The summed E-state index contributed by atoms with van der Waals surface area (Å²) >= 11 is 1.33. The molecule has 0 unspecified atom stereocenters. The van der Waals surface area contributed by atoms with E-state index in [9.17, 15) is 4.79 Å². The molecule has 5 nitrogen and oxygen atoms in total. The first-order valence-electron chi connectivity index (χ1n) is 7.03. The number of rotatable bonds is 4. The van der Waals surface area contributed by atoms with E-state index in [0.29, 0.717) is 10.4 Å². The van der Waals surface area contributed by atoms with Crippen LogP contribution in [0.25, 0.3) is 5.69 Å². The van der Waals surface area contributed by atoms with Crippen molar-refractivity contribution in [3.63, 3.8) is 0 Å². The smallest absolute Gasteiger partial charge is 0.183 e. The van der Waals surface area contributed by atoms with Gasteiger partial charge in [-0.1, -0.05) is 18.2 Å². The Morgan fingerprint density at radius 2 is 1.83 bits per heavy atom. The summed E-state index contributed by atoms with van der Waals surface area (Å²) in [5, 5.41) is 4.38. The number of Topliss-reactive ketones (excluding diaryl/α,β-unsaturated/α-hetero) is 1. The summed E-state index contributed by atoms with van der Waals surface area (Å²) in [6, 6.07) is 17.0. The molecule has 2 aromatic carbocycles. The fourth-order valence-electron chi connectivity index (χ4n) is 2.01. The number of carbonyl (C=O) groups excluding carboxylic acids is 1. The van der Waals surface area contributed by atoms with Crippen molar-refractivity contribution < 1.29 is 9.53 Å². The van der Waals surface area contributed by atoms with Gasteiger partial charge in [-0.25, -0.2) is 4.99 Å². The number of ether oxygens (including phenoxy) is 1. The van der Waals surface area contributed by atoms with Gasteiger partial charge in [0.2, 0.25) is 0 Å². The Hall–Kier alpha value is -2.73. The highest BCUT2D eigenvalue weighted by Crippen LogP contribution is 2.17. The van der Waals surface area contributed by atoms with Crippen LogP contribution in [0.1, 0.15) is 17.4 Å². The van der Waals surface area contributed by atoms with Crippen LogP contribution in [-0.2, 0) is 0 Å². The molecule has 1 aromatic heterocycles. The van der Waals surface area contributed by atoms with Crippen LogP contribution in [0.4, 0.5) is 5.69 Å². The van der Waals surface area contributed by atoms with Gasteiger partial charge in [-0.3, -0.25) is 4.79 Å². The van der Waals surface area contributed by atoms with E-state index in [1.54, 1.807) is 11.2 Å². The zero-order valence-electron chi connectivity index (χ0n) is 12.8. The minimum atomic E-state index is -0.108. The number of ketones is 1. The highest BCUT2D eigenvalue weighted by atomic mass is 32.1. The van der Waals surface area contributed by atoms with Crippen LogP contribution >= 0.6 is 11.5 Å². The second kappa shape index (κ2) is 6.58. The number of hydrogen-bond donors (Lipinski definition) is 0. The number of carbonyl (C=O) groups is 1. The molecule has 0 saturated carbocycles. The van der Waals surface area contributed by atoms with Crippen molar-refractivity contribution in [1.82, 2.24) is 9.17 Å². The second-order valence-electron chi connectivity index (χ2n) is 4.82. The van der Waals surface area contributed by atoms with Crippen molar-refractivity contribution in [1.29, 1.82) is 0 Å². The zero-order chi connectivity index (χ0) is 16.2. The molecule has 0 N–H and O–H groups in total. The predicted octanol–water partition coefficient (Wildman–Crippen LogP) is 3.38. The van der Waals surface area contributed by atoms with E-state index in [1.165, 1.54) is 18.5 Å². The van der Waals surface area contributed by atoms with Gasteiger partial charge in [-0.05, 0) is 47.9 Å². The van der Waals surface area contributed by atoms with Crippen molar-refractivity contribution in [2.24, 2.45) is 4.99 Å². The first kappa shape index (κ1) is 15.2. The Bertz CT molecular complexity index is 880. The Kier molecular flexibility index (Phi) is 4.34. The van der Waals surface area contributed by atoms with E-state index in [0.717, 1.165) is 17.1 Å². The first-order valence-corrected chi connectivity index (χ1v) is 7.80. The summed E-state index contributed by atoms with van der Waals surface area (Å²) < 4.78 is 7.43. The molecule has 1 heterocycles. The molecular formula is C17H15N3O2S. The molecule has 0 radical (unpaired) electrons. The molecule has 6 heteroatoms. The van der Waals surface area contributed by atoms with Crippen LogP contribution < -0.4 is 9.41 Å². The fraction of sp³-hybridized carbons (Fsp3) is 0.118. The van der Waals surface area contributed by atoms with Gasteiger partial charge < -0.3 is 4.74 Å².